The largest absolute Gasteiger partial charge is 0.478 e. The fraction of sp³-hybridized carbons (Fsp3) is 0.0847. The number of aromatic amines is 4. The number of carboxylic acids is 1. The molecule has 33 heteroatoms. The van der Waals surface area contributed by atoms with Crippen molar-refractivity contribution in [2.75, 3.05) is 16.3 Å². The number of amides is 1. The number of carbonyl (C=O) groups excluding carboxylic acids is 1. The Hall–Kier alpha value is -10.4. The summed E-state index contributed by atoms with van der Waals surface area (Å²) in [4.78, 5) is 24.4. The zero-order chi connectivity index (χ0) is 65.3. The number of carboxylic acid groups (broad SMARTS) is 1. The number of halogens is 2. The van der Waals surface area contributed by atoms with E-state index in [0.717, 1.165) is 32.8 Å². The van der Waals surface area contributed by atoms with Crippen LogP contribution in [0.1, 0.15) is 32.6 Å². The van der Waals surface area contributed by atoms with Crippen LogP contribution >= 0.6 is 35.0 Å². The highest BCUT2D eigenvalue weighted by atomic mass is 35.5. The topological polar surface area (TPSA) is 399 Å². The summed E-state index contributed by atoms with van der Waals surface area (Å²) in [7, 11) is -10.9. The summed E-state index contributed by atoms with van der Waals surface area (Å²) >= 11 is 13.8. The molecule has 0 aliphatic heterocycles. The van der Waals surface area contributed by atoms with Gasteiger partial charge in [-0.15, -0.1) is 52.6 Å². The smallest absolute Gasteiger partial charge is 0.335 e. The molecule has 92 heavy (non-hydrogen) atoms. The lowest BCUT2D eigenvalue weighted by Crippen LogP contribution is -2.14. The second-order valence-corrected chi connectivity index (χ2v) is 26.7. The Kier molecular flexibility index (Phi) is 21.8. The third-order valence-corrected chi connectivity index (χ3v) is 19.0. The van der Waals surface area contributed by atoms with Crippen LogP contribution in [0, 0.1) is 6.92 Å². The number of carbonyl (C=O) groups is 2. The molecule has 0 radical (unpaired) electrons. The molecule has 12 aromatic rings. The molecule has 8 aromatic carbocycles. The zero-order valence-corrected chi connectivity index (χ0v) is 52.8. The Morgan fingerprint density at radius 2 is 0.957 bits per heavy atom. The van der Waals surface area contributed by atoms with Gasteiger partial charge in [0.1, 0.15) is 0 Å². The van der Waals surface area contributed by atoms with Crippen molar-refractivity contribution in [3.05, 3.63) is 226 Å². The highest BCUT2D eigenvalue weighted by Crippen LogP contribution is 2.31. The molecule has 0 spiro atoms. The van der Waals surface area contributed by atoms with Gasteiger partial charge < -0.3 is 10.4 Å². The van der Waals surface area contributed by atoms with Crippen LogP contribution in [0.2, 0.25) is 10.0 Å². The normalized spacial score (nSPS) is 11.2. The van der Waals surface area contributed by atoms with E-state index in [4.69, 9.17) is 28.3 Å². The summed E-state index contributed by atoms with van der Waals surface area (Å²) in [5.41, 5.74) is 6.65. The Labute approximate surface area is 539 Å². The van der Waals surface area contributed by atoms with Crippen molar-refractivity contribution in [2.24, 2.45) is 0 Å². The van der Waals surface area contributed by atoms with Crippen molar-refractivity contribution in [3.63, 3.8) is 0 Å². The first-order valence-corrected chi connectivity index (χ1v) is 33.6. The van der Waals surface area contributed by atoms with Gasteiger partial charge in [0.15, 0.2) is 19.7 Å². The molecule has 0 saturated heterocycles. The number of anilines is 2. The summed E-state index contributed by atoms with van der Waals surface area (Å²) in [6.07, 6.45) is 2.29. The van der Waals surface area contributed by atoms with Crippen molar-refractivity contribution in [3.8, 4) is 45.6 Å². The van der Waals surface area contributed by atoms with Gasteiger partial charge >= 0.3 is 5.97 Å². The second-order valence-electron chi connectivity index (χ2n) is 19.4. The molecule has 4 aromatic heterocycles. The number of nitrogens with one attached hydrogen (secondary N) is 6. The molecule has 0 bridgehead atoms. The number of hydrogen-bond acceptors (Lipinski definition) is 21. The van der Waals surface area contributed by atoms with Gasteiger partial charge in [0.05, 0.1) is 48.2 Å². The summed E-state index contributed by atoms with van der Waals surface area (Å²) < 4.78 is 77.9. The molecule has 468 valence electrons. The lowest BCUT2D eigenvalue weighted by atomic mass is 10.1. The lowest BCUT2D eigenvalue weighted by molar-refractivity contribution is -0.115. The van der Waals surface area contributed by atoms with Gasteiger partial charge in [-0.05, 0) is 165 Å². The van der Waals surface area contributed by atoms with Crippen molar-refractivity contribution < 1.29 is 39.9 Å². The van der Waals surface area contributed by atoms with E-state index >= 15 is 0 Å². The van der Waals surface area contributed by atoms with E-state index in [-0.39, 0.29) is 54.3 Å². The summed E-state index contributed by atoms with van der Waals surface area (Å²) in [6.45, 7) is 1.90. The number of tetrazole rings is 4. The van der Waals surface area contributed by atoms with E-state index in [1.807, 2.05) is 98.1 Å². The third kappa shape index (κ3) is 18.1. The minimum Gasteiger partial charge on any atom is -0.478 e. The quantitative estimate of drug-likeness (QED) is 0.0393. The van der Waals surface area contributed by atoms with E-state index in [9.17, 15) is 34.8 Å². The van der Waals surface area contributed by atoms with E-state index < -0.39 is 35.7 Å². The summed E-state index contributed by atoms with van der Waals surface area (Å²) in [5.74, 6) is -0.225. The van der Waals surface area contributed by atoms with Gasteiger partial charge in [-0.25, -0.2) is 30.0 Å². The van der Waals surface area contributed by atoms with Crippen LogP contribution in [0.4, 0.5) is 11.4 Å². The Morgan fingerprint density at radius 1 is 0.489 bits per heavy atom. The van der Waals surface area contributed by atoms with Crippen molar-refractivity contribution in [1.29, 1.82) is 0 Å². The van der Waals surface area contributed by atoms with Gasteiger partial charge in [-0.2, -0.15) is 20.9 Å². The minimum atomic E-state index is -3.72. The van der Waals surface area contributed by atoms with E-state index in [1.54, 1.807) is 48.2 Å². The Bertz CT molecular complexity index is 4780. The lowest BCUT2D eigenvalue weighted by Gasteiger charge is -2.09. The molecular formula is C59H50Cl2N18O9S4. The number of nitrogens with zero attached hydrogens (tertiary/aromatic N) is 12. The number of aromatic nitrogens is 16. The predicted octanol–water partition coefficient (Wildman–Crippen LogP) is 9.43. The number of para-hydroxylation sites is 1. The number of benzene rings is 8. The highest BCUT2D eigenvalue weighted by molar-refractivity contribution is 7.98. The van der Waals surface area contributed by atoms with Gasteiger partial charge in [-0.3, -0.25) is 9.52 Å². The van der Waals surface area contributed by atoms with E-state index in [1.165, 1.54) is 66.7 Å². The van der Waals surface area contributed by atoms with Gasteiger partial charge in [0.2, 0.25) is 29.2 Å². The van der Waals surface area contributed by atoms with Crippen LogP contribution in [-0.4, -0.2) is 131 Å². The summed E-state index contributed by atoms with van der Waals surface area (Å²) in [5, 5.41) is 66.5. The molecule has 0 fully saturated rings. The van der Waals surface area contributed by atoms with Crippen LogP contribution in [0.5, 0.6) is 0 Å². The number of rotatable bonds is 18. The van der Waals surface area contributed by atoms with Crippen LogP contribution in [0.15, 0.2) is 208 Å². The van der Waals surface area contributed by atoms with Crippen LogP contribution in [0.25, 0.3) is 45.6 Å². The maximum Gasteiger partial charge on any atom is 0.335 e. The maximum atomic E-state index is 12.7. The second kappa shape index (κ2) is 30.4. The monoisotopic (exact) mass is 1350 g/mol. The number of thioether (sulfide) groups is 1. The molecule has 0 aliphatic carbocycles. The minimum absolute atomic E-state index is 0.0243. The molecule has 0 saturated carbocycles. The number of aryl methyl sites for hydroxylation is 1. The maximum absolute atomic E-state index is 12.7. The van der Waals surface area contributed by atoms with E-state index in [2.05, 4.69) is 92.5 Å². The molecule has 0 unspecified atom stereocenters. The molecular weight excluding hydrogens is 1300 g/mol. The average molecular weight is 1350 g/mol. The molecule has 4 heterocycles. The third-order valence-electron chi connectivity index (χ3n) is 12.8. The van der Waals surface area contributed by atoms with Gasteiger partial charge in [-0.1, -0.05) is 102 Å². The standard InChI is InChI=1S/C15H11ClN4O4S.C15H13ClN4O2S2.C15H13N5O.C14H13N5O2S/c16-13-5-4-11(7-12(13)14-17-19-20-18-14)25(23,24)8-9-2-1-3-10(6-9)15(21)22;1-23-11-4-2-10(3-5-11)9-24(21,22)12-6-7-14(16)13(8-12)15-17-19-20-18-15;21-14(16-13-4-2-1-3-5-13)10-11-6-8-12(9-7-11)15-17-19-20-18-15;1-10-3-2-4-12(9-10)17-22(20,21)13-7-5-11(6-8-13)14-15-18-19-16-14/h1-7H,8H2,(H,21,22)(H,17,18,19,20);2-8H,9H2,1H3,(H,17,18,19,20);1-9H,10H2,(H,16,21)(H,17,18,19,20);2-9,17H,1H3,(H,15,16,18,19). The molecule has 0 aliphatic rings. The van der Waals surface area contributed by atoms with Crippen molar-refractivity contribution in [1.82, 2.24) is 82.5 Å². The first-order chi connectivity index (χ1) is 44.2. The van der Waals surface area contributed by atoms with Gasteiger partial charge in [0, 0.05) is 38.5 Å². The molecule has 27 nitrogen and oxygen atoms in total. The number of hydrogen-bond donors (Lipinski definition) is 7. The van der Waals surface area contributed by atoms with E-state index in [0.29, 0.717) is 51.0 Å². The Morgan fingerprint density at radius 3 is 1.45 bits per heavy atom. The molecule has 0 atom stereocenters. The molecule has 7 N–H and O–H groups in total. The fourth-order valence-electron chi connectivity index (χ4n) is 8.37. The SMILES string of the molecule is CSc1ccc(CS(=O)(=O)c2ccc(Cl)c(-c3nn[nH]n3)c2)cc1.Cc1cccc(NS(=O)(=O)c2ccc(-c3nn[nH]n3)cc2)c1.O=C(Cc1ccc(-c2nn[nH]n2)cc1)Nc1ccccc1.O=C(O)c1cccc(CS(=O)(=O)c2ccc(Cl)c(-c3nn[nH]n3)c2)c1. The first-order valence-electron chi connectivity index (χ1n) is 26.8. The van der Waals surface area contributed by atoms with Gasteiger partial charge in [0.25, 0.3) is 10.0 Å². The number of H-pyrrole nitrogens is 4. The van der Waals surface area contributed by atoms with Crippen LogP contribution in [0.3, 0.4) is 0 Å². The predicted molar refractivity (Wildman–Crippen MR) is 343 cm³/mol. The number of sulfonamides is 1. The molecule has 1 amide bonds. The van der Waals surface area contributed by atoms with Crippen LogP contribution < -0.4 is 10.0 Å². The zero-order valence-electron chi connectivity index (χ0n) is 48.0. The summed E-state index contributed by atoms with van der Waals surface area (Å²) in [6, 6.07) is 52.2. The fourth-order valence-corrected chi connectivity index (χ4v) is 13.0. The average Bonchev–Trinajstić information content (AvgIpc) is 1.14. The highest BCUT2D eigenvalue weighted by Gasteiger charge is 2.22. The van der Waals surface area contributed by atoms with Crippen molar-refractivity contribution in [2.45, 2.75) is 44.4 Å². The Balaban J connectivity index is 0.000000145. The molecule has 12 rings (SSSR count). The number of aromatic carboxylic acids is 1. The first kappa shape index (κ1) is 66.0. The van der Waals surface area contributed by atoms with Crippen molar-refractivity contribution >= 4 is 87.9 Å². The number of sulfone groups is 2. The van der Waals surface area contributed by atoms with Crippen LogP contribution in [-0.2, 0) is 52.4 Å².